The van der Waals surface area contributed by atoms with E-state index < -0.39 is 0 Å². The molecule has 0 aromatic carbocycles. The van der Waals surface area contributed by atoms with Gasteiger partial charge in [0.1, 0.15) is 17.3 Å². The zero-order valence-corrected chi connectivity index (χ0v) is 15.3. The second-order valence-electron chi connectivity index (χ2n) is 6.23. The Bertz CT molecular complexity index is 1020. The van der Waals surface area contributed by atoms with Crippen LogP contribution in [0.15, 0.2) is 34.7 Å². The minimum atomic E-state index is -0.272. The Hall–Kier alpha value is -2.74. The van der Waals surface area contributed by atoms with Crippen LogP contribution in [0.5, 0.6) is 5.19 Å². The number of nitrogens with zero attached hydrogens (tertiary/aromatic N) is 4. The summed E-state index contributed by atoms with van der Waals surface area (Å²) in [5.74, 6) is -0.265. The van der Waals surface area contributed by atoms with Crippen molar-refractivity contribution in [2.45, 2.75) is 26.5 Å². The van der Waals surface area contributed by atoms with Crippen molar-refractivity contribution >= 4 is 28.3 Å². The van der Waals surface area contributed by atoms with Gasteiger partial charge < -0.3 is 14.2 Å². The smallest absolute Gasteiger partial charge is 0.273 e. The minimum absolute atomic E-state index is 0.0803. The zero-order chi connectivity index (χ0) is 18.3. The van der Waals surface area contributed by atoms with Crippen LogP contribution in [0.25, 0.3) is 11.0 Å². The standard InChI is InChI=1S/C18H18N4O3S/c1-3-21-10-14(15(23)13-5-4-11(2)20-16(13)21)17(24)22-8-12(9-22)25-18-19-6-7-26-18/h4-7,10,12H,3,8-9H2,1-2H3. The van der Waals surface area contributed by atoms with Gasteiger partial charge in [-0.15, -0.1) is 0 Å². The first-order chi connectivity index (χ1) is 12.6. The molecule has 1 aliphatic rings. The second kappa shape index (κ2) is 6.53. The lowest BCUT2D eigenvalue weighted by Gasteiger charge is -2.38. The molecule has 0 unspecified atom stereocenters. The molecule has 1 saturated heterocycles. The Morgan fingerprint density at radius 3 is 2.88 bits per heavy atom. The molecule has 0 saturated carbocycles. The van der Waals surface area contributed by atoms with Crippen LogP contribution in [0.2, 0.25) is 0 Å². The molecule has 26 heavy (non-hydrogen) atoms. The Labute approximate surface area is 153 Å². The van der Waals surface area contributed by atoms with Crippen molar-refractivity contribution in [1.82, 2.24) is 19.4 Å². The number of aromatic nitrogens is 3. The van der Waals surface area contributed by atoms with Crippen molar-refractivity contribution in [2.75, 3.05) is 13.1 Å². The lowest BCUT2D eigenvalue weighted by molar-refractivity contribution is 0.0175. The first-order valence-corrected chi connectivity index (χ1v) is 9.31. The fourth-order valence-corrected chi connectivity index (χ4v) is 3.56. The van der Waals surface area contributed by atoms with E-state index in [1.807, 2.05) is 23.8 Å². The summed E-state index contributed by atoms with van der Waals surface area (Å²) in [6, 6.07) is 3.53. The maximum absolute atomic E-state index is 12.8. The molecule has 0 N–H and O–H groups in total. The normalized spacial score (nSPS) is 14.5. The lowest BCUT2D eigenvalue weighted by atomic mass is 10.1. The van der Waals surface area contributed by atoms with E-state index in [1.54, 1.807) is 29.4 Å². The number of carbonyl (C=O) groups is 1. The molecular formula is C18H18N4O3S. The van der Waals surface area contributed by atoms with Crippen LogP contribution in [-0.2, 0) is 6.54 Å². The van der Waals surface area contributed by atoms with Crippen LogP contribution in [-0.4, -0.2) is 44.5 Å². The van der Waals surface area contributed by atoms with Gasteiger partial charge in [-0.25, -0.2) is 9.97 Å². The maximum atomic E-state index is 12.8. The topological polar surface area (TPSA) is 77.3 Å². The number of pyridine rings is 2. The van der Waals surface area contributed by atoms with Gasteiger partial charge in [0.05, 0.1) is 18.5 Å². The minimum Gasteiger partial charge on any atom is -0.463 e. The molecule has 0 bridgehead atoms. The van der Waals surface area contributed by atoms with Crippen molar-refractivity contribution in [1.29, 1.82) is 0 Å². The molecule has 3 aromatic rings. The summed E-state index contributed by atoms with van der Waals surface area (Å²) >= 11 is 1.42. The quantitative estimate of drug-likeness (QED) is 0.703. The van der Waals surface area contributed by atoms with E-state index >= 15 is 0 Å². The average molecular weight is 370 g/mol. The Morgan fingerprint density at radius 1 is 1.38 bits per heavy atom. The summed E-state index contributed by atoms with van der Waals surface area (Å²) in [6.45, 7) is 5.38. The van der Waals surface area contributed by atoms with Gasteiger partial charge in [0.15, 0.2) is 0 Å². The van der Waals surface area contributed by atoms with Crippen LogP contribution in [0.3, 0.4) is 0 Å². The lowest BCUT2D eigenvalue weighted by Crippen LogP contribution is -2.56. The molecule has 4 heterocycles. The Kier molecular flexibility index (Phi) is 4.20. The summed E-state index contributed by atoms with van der Waals surface area (Å²) in [5, 5.41) is 2.91. The van der Waals surface area contributed by atoms with Crippen molar-refractivity contribution in [3.63, 3.8) is 0 Å². The number of likely N-dealkylation sites (tertiary alicyclic amines) is 1. The molecule has 0 radical (unpaired) electrons. The van der Waals surface area contributed by atoms with E-state index in [2.05, 4.69) is 9.97 Å². The van der Waals surface area contributed by atoms with Crippen LogP contribution >= 0.6 is 11.3 Å². The van der Waals surface area contributed by atoms with Gasteiger partial charge in [0.25, 0.3) is 11.1 Å². The zero-order valence-electron chi connectivity index (χ0n) is 14.5. The van der Waals surface area contributed by atoms with Gasteiger partial charge in [-0.05, 0) is 26.0 Å². The first kappa shape index (κ1) is 16.7. The van der Waals surface area contributed by atoms with Crippen molar-refractivity contribution in [3.05, 3.63) is 51.4 Å². The summed E-state index contributed by atoms with van der Waals surface area (Å²) in [6.07, 6.45) is 3.22. The molecule has 4 rings (SSSR count). The molecule has 1 fully saturated rings. The van der Waals surface area contributed by atoms with Crippen LogP contribution in [0.4, 0.5) is 0 Å². The Balaban J connectivity index is 1.59. The number of fused-ring (bicyclic) bond motifs is 1. The van der Waals surface area contributed by atoms with E-state index in [-0.39, 0.29) is 23.0 Å². The molecule has 134 valence electrons. The van der Waals surface area contributed by atoms with Gasteiger partial charge in [-0.1, -0.05) is 11.3 Å². The number of hydrogen-bond donors (Lipinski definition) is 0. The molecule has 0 atom stereocenters. The fourth-order valence-electron chi connectivity index (χ4n) is 3.01. The molecular weight excluding hydrogens is 352 g/mol. The number of thiazole rings is 1. The predicted molar refractivity (Wildman–Crippen MR) is 98.8 cm³/mol. The number of ether oxygens (including phenoxy) is 1. The summed E-state index contributed by atoms with van der Waals surface area (Å²) in [4.78, 5) is 35.7. The highest BCUT2D eigenvalue weighted by atomic mass is 32.1. The van der Waals surface area contributed by atoms with Gasteiger partial charge in [-0.3, -0.25) is 9.59 Å². The van der Waals surface area contributed by atoms with E-state index in [0.29, 0.717) is 35.9 Å². The van der Waals surface area contributed by atoms with Crippen LogP contribution < -0.4 is 10.2 Å². The highest BCUT2D eigenvalue weighted by Gasteiger charge is 2.34. The largest absolute Gasteiger partial charge is 0.463 e. The third kappa shape index (κ3) is 2.86. The van der Waals surface area contributed by atoms with Crippen molar-refractivity contribution in [3.8, 4) is 5.19 Å². The molecule has 8 heteroatoms. The molecule has 1 aliphatic heterocycles. The van der Waals surface area contributed by atoms with Crippen LogP contribution in [0, 0.1) is 6.92 Å². The summed E-state index contributed by atoms with van der Waals surface area (Å²) in [5.41, 5.74) is 1.36. The third-order valence-corrected chi connectivity index (χ3v) is 5.11. The fraction of sp³-hybridized carbons (Fsp3) is 0.333. The SMILES string of the molecule is CCn1cc(C(=O)N2CC(Oc3nccs3)C2)c(=O)c2ccc(C)nc21. The van der Waals surface area contributed by atoms with E-state index in [4.69, 9.17) is 4.74 Å². The number of rotatable bonds is 4. The monoisotopic (exact) mass is 370 g/mol. The molecule has 7 nitrogen and oxygen atoms in total. The summed E-state index contributed by atoms with van der Waals surface area (Å²) in [7, 11) is 0. The van der Waals surface area contributed by atoms with Crippen LogP contribution in [0.1, 0.15) is 23.0 Å². The number of amides is 1. The highest BCUT2D eigenvalue weighted by Crippen LogP contribution is 2.21. The number of hydrogen-bond acceptors (Lipinski definition) is 6. The third-order valence-electron chi connectivity index (χ3n) is 4.44. The van der Waals surface area contributed by atoms with E-state index in [0.717, 1.165) is 5.69 Å². The molecule has 0 spiro atoms. The van der Waals surface area contributed by atoms with Crippen molar-refractivity contribution < 1.29 is 9.53 Å². The Morgan fingerprint density at radius 2 is 2.19 bits per heavy atom. The average Bonchev–Trinajstić information content (AvgIpc) is 3.10. The van der Waals surface area contributed by atoms with Gasteiger partial charge in [0.2, 0.25) is 5.43 Å². The second-order valence-corrected chi connectivity index (χ2v) is 7.09. The predicted octanol–water partition coefficient (Wildman–Crippen LogP) is 2.08. The summed E-state index contributed by atoms with van der Waals surface area (Å²) < 4.78 is 7.53. The van der Waals surface area contributed by atoms with E-state index in [1.165, 1.54) is 11.3 Å². The molecule has 1 amide bonds. The van der Waals surface area contributed by atoms with Gasteiger partial charge >= 0.3 is 0 Å². The maximum Gasteiger partial charge on any atom is 0.273 e. The highest BCUT2D eigenvalue weighted by molar-refractivity contribution is 7.11. The first-order valence-electron chi connectivity index (χ1n) is 8.43. The van der Waals surface area contributed by atoms with Gasteiger partial charge in [-0.2, -0.15) is 0 Å². The number of carbonyl (C=O) groups excluding carboxylic acids is 1. The van der Waals surface area contributed by atoms with Crippen molar-refractivity contribution in [2.24, 2.45) is 0 Å². The number of aryl methyl sites for hydroxylation is 2. The molecule has 3 aromatic heterocycles. The van der Waals surface area contributed by atoms with E-state index in [9.17, 15) is 9.59 Å². The molecule has 0 aliphatic carbocycles. The van der Waals surface area contributed by atoms with Gasteiger partial charge in [0, 0.05) is 30.0 Å².